The smallest absolute Gasteiger partial charge is 0.331 e. The zero-order chi connectivity index (χ0) is 17.6. The number of carbonyl (C=O) groups is 2. The molecule has 0 aromatic heterocycles. The van der Waals surface area contributed by atoms with E-state index in [1.54, 1.807) is 38.3 Å². The van der Waals surface area contributed by atoms with Crippen LogP contribution in [0, 0.1) is 5.92 Å². The molecule has 0 aliphatic heterocycles. The quantitative estimate of drug-likeness (QED) is 0.611. The number of alkyl halides is 1. The molecule has 0 bridgehead atoms. The minimum atomic E-state index is -1.12. The predicted molar refractivity (Wildman–Crippen MR) is 89.6 cm³/mol. The number of hydrogen-bond donors (Lipinski definition) is 1. The second-order valence-corrected chi connectivity index (χ2v) is 6.06. The van der Waals surface area contributed by atoms with Crippen LogP contribution in [0.1, 0.15) is 38.1 Å². The van der Waals surface area contributed by atoms with Gasteiger partial charge in [0, 0.05) is 0 Å². The number of nitrogens with one attached hydrogen (secondary N) is 1. The molecule has 23 heavy (non-hydrogen) atoms. The van der Waals surface area contributed by atoms with E-state index >= 15 is 0 Å². The minimum absolute atomic E-state index is 0.0985. The largest absolute Gasteiger partial charge is 0.497 e. The van der Waals surface area contributed by atoms with Crippen LogP contribution in [0.3, 0.4) is 0 Å². The highest BCUT2D eigenvalue weighted by atomic mass is 35.5. The lowest BCUT2D eigenvalue weighted by atomic mass is 9.84. The van der Waals surface area contributed by atoms with Crippen molar-refractivity contribution >= 4 is 23.5 Å². The Morgan fingerprint density at radius 2 is 1.83 bits per heavy atom. The number of halogens is 1. The fourth-order valence-corrected chi connectivity index (χ4v) is 2.44. The van der Waals surface area contributed by atoms with Crippen molar-refractivity contribution in [3.8, 4) is 5.75 Å². The highest BCUT2D eigenvalue weighted by Gasteiger charge is 2.41. The second-order valence-electron chi connectivity index (χ2n) is 5.63. The van der Waals surface area contributed by atoms with Crippen molar-refractivity contribution in [2.45, 2.75) is 38.1 Å². The van der Waals surface area contributed by atoms with E-state index < -0.39 is 22.8 Å². The first kappa shape index (κ1) is 19.3. The molecule has 1 amide bonds. The maximum Gasteiger partial charge on any atom is 0.331 e. The van der Waals surface area contributed by atoms with E-state index in [2.05, 4.69) is 5.32 Å². The first-order chi connectivity index (χ1) is 10.8. The summed E-state index contributed by atoms with van der Waals surface area (Å²) in [6.07, 6.45) is 0.710. The van der Waals surface area contributed by atoms with E-state index in [1.165, 1.54) is 7.11 Å². The Labute approximate surface area is 142 Å². The lowest BCUT2D eigenvalue weighted by molar-refractivity contribution is -0.152. The molecule has 1 rings (SSSR count). The molecule has 1 N–H and O–H groups in total. The topological polar surface area (TPSA) is 64.6 Å². The minimum Gasteiger partial charge on any atom is -0.497 e. The molecule has 0 aliphatic carbocycles. The number of benzene rings is 1. The van der Waals surface area contributed by atoms with Crippen molar-refractivity contribution in [1.29, 1.82) is 0 Å². The van der Waals surface area contributed by atoms with Gasteiger partial charge in [0.1, 0.15) is 16.7 Å². The second kappa shape index (κ2) is 8.20. The van der Waals surface area contributed by atoms with E-state index in [-0.39, 0.29) is 5.92 Å². The van der Waals surface area contributed by atoms with Gasteiger partial charge in [0.2, 0.25) is 5.91 Å². The van der Waals surface area contributed by atoms with Gasteiger partial charge in [-0.3, -0.25) is 4.79 Å². The van der Waals surface area contributed by atoms with Gasteiger partial charge in [-0.05, 0) is 30.5 Å². The third kappa shape index (κ3) is 4.38. The van der Waals surface area contributed by atoms with Crippen LogP contribution in [-0.2, 0) is 14.3 Å². The molecule has 0 spiro atoms. The summed E-state index contributed by atoms with van der Waals surface area (Å²) in [6, 6.07) is 6.89. The predicted octanol–water partition coefficient (Wildman–Crippen LogP) is 3.07. The first-order valence-corrected chi connectivity index (χ1v) is 7.92. The van der Waals surface area contributed by atoms with Crippen LogP contribution >= 0.6 is 11.6 Å². The SMILES string of the molecule is CCC(C)C(C)(NC(=O)C(Cl)c1ccc(OC)cc1)C(=O)OC. The molecule has 0 fully saturated rings. The van der Waals surface area contributed by atoms with Gasteiger partial charge in [-0.25, -0.2) is 4.79 Å². The number of carbonyl (C=O) groups excluding carboxylic acids is 2. The monoisotopic (exact) mass is 341 g/mol. The molecule has 1 aromatic carbocycles. The molecular weight excluding hydrogens is 318 g/mol. The number of esters is 1. The molecule has 3 atom stereocenters. The van der Waals surface area contributed by atoms with E-state index in [0.717, 1.165) is 0 Å². The third-order valence-corrected chi connectivity index (χ3v) is 4.68. The van der Waals surface area contributed by atoms with Crippen molar-refractivity contribution in [2.75, 3.05) is 14.2 Å². The van der Waals surface area contributed by atoms with Crippen LogP contribution in [0.15, 0.2) is 24.3 Å². The average molecular weight is 342 g/mol. The van der Waals surface area contributed by atoms with Gasteiger partial charge in [-0.15, -0.1) is 11.6 Å². The fourth-order valence-electron chi connectivity index (χ4n) is 2.24. The Bertz CT molecular complexity index is 546. The molecule has 0 aliphatic rings. The molecule has 5 nitrogen and oxygen atoms in total. The number of rotatable bonds is 7. The summed E-state index contributed by atoms with van der Waals surface area (Å²) < 4.78 is 9.92. The maximum absolute atomic E-state index is 12.5. The van der Waals surface area contributed by atoms with Crippen LogP contribution in [0.25, 0.3) is 0 Å². The lowest BCUT2D eigenvalue weighted by Gasteiger charge is -2.34. The third-order valence-electron chi connectivity index (χ3n) is 4.23. The summed E-state index contributed by atoms with van der Waals surface area (Å²) >= 11 is 6.25. The highest BCUT2D eigenvalue weighted by Crippen LogP contribution is 2.27. The van der Waals surface area contributed by atoms with Gasteiger partial charge in [-0.1, -0.05) is 32.4 Å². The van der Waals surface area contributed by atoms with Gasteiger partial charge in [0.05, 0.1) is 14.2 Å². The Balaban J connectivity index is 2.95. The zero-order valence-corrected chi connectivity index (χ0v) is 14.9. The summed E-state index contributed by atoms with van der Waals surface area (Å²) in [5, 5.41) is 1.84. The van der Waals surface area contributed by atoms with Crippen LogP contribution in [-0.4, -0.2) is 31.6 Å². The molecule has 0 radical (unpaired) electrons. The zero-order valence-electron chi connectivity index (χ0n) is 14.2. The molecule has 3 unspecified atom stereocenters. The first-order valence-electron chi connectivity index (χ1n) is 7.48. The van der Waals surface area contributed by atoms with Gasteiger partial charge in [0.25, 0.3) is 0 Å². The standard InChI is InChI=1S/C17H24ClNO4/c1-6-11(2)17(3,16(21)23-5)19-15(20)14(18)12-7-9-13(22-4)10-8-12/h7-11,14H,6H2,1-5H3,(H,19,20). The van der Waals surface area contributed by atoms with Crippen LogP contribution in [0.4, 0.5) is 0 Å². The van der Waals surface area contributed by atoms with Crippen molar-refractivity contribution in [2.24, 2.45) is 5.92 Å². The van der Waals surface area contributed by atoms with Crippen LogP contribution < -0.4 is 10.1 Å². The van der Waals surface area contributed by atoms with Crippen molar-refractivity contribution < 1.29 is 19.1 Å². The number of amides is 1. The molecule has 0 saturated heterocycles. The number of ether oxygens (including phenoxy) is 2. The van der Waals surface area contributed by atoms with E-state index in [4.69, 9.17) is 21.1 Å². The fraction of sp³-hybridized carbons (Fsp3) is 0.529. The van der Waals surface area contributed by atoms with Crippen LogP contribution in [0.5, 0.6) is 5.75 Å². The van der Waals surface area contributed by atoms with Gasteiger partial charge in [-0.2, -0.15) is 0 Å². The van der Waals surface area contributed by atoms with E-state index in [9.17, 15) is 9.59 Å². The molecule has 6 heteroatoms. The number of methoxy groups -OCH3 is 2. The van der Waals surface area contributed by atoms with E-state index in [0.29, 0.717) is 17.7 Å². The molecule has 128 valence electrons. The van der Waals surface area contributed by atoms with Crippen LogP contribution in [0.2, 0.25) is 0 Å². The molecule has 0 heterocycles. The highest BCUT2D eigenvalue weighted by molar-refractivity contribution is 6.31. The van der Waals surface area contributed by atoms with Gasteiger partial charge >= 0.3 is 5.97 Å². The number of hydrogen-bond acceptors (Lipinski definition) is 4. The summed E-state index contributed by atoms with van der Waals surface area (Å²) in [6.45, 7) is 5.48. The van der Waals surface area contributed by atoms with Gasteiger partial charge in [0.15, 0.2) is 0 Å². The lowest BCUT2D eigenvalue weighted by Crippen LogP contribution is -2.57. The summed E-state index contributed by atoms with van der Waals surface area (Å²) in [4.78, 5) is 24.6. The molecular formula is C17H24ClNO4. The van der Waals surface area contributed by atoms with Gasteiger partial charge < -0.3 is 14.8 Å². The summed E-state index contributed by atoms with van der Waals surface area (Å²) in [5.74, 6) is -0.348. The summed E-state index contributed by atoms with van der Waals surface area (Å²) in [5.41, 5.74) is -0.499. The van der Waals surface area contributed by atoms with E-state index in [1.807, 2.05) is 13.8 Å². The summed E-state index contributed by atoms with van der Waals surface area (Å²) in [7, 11) is 2.87. The maximum atomic E-state index is 12.5. The van der Waals surface area contributed by atoms with Crippen molar-refractivity contribution in [3.63, 3.8) is 0 Å². The van der Waals surface area contributed by atoms with Crippen molar-refractivity contribution in [3.05, 3.63) is 29.8 Å². The molecule has 0 saturated carbocycles. The van der Waals surface area contributed by atoms with Crippen molar-refractivity contribution in [1.82, 2.24) is 5.32 Å². The Morgan fingerprint density at radius 1 is 1.26 bits per heavy atom. The normalized spacial score (nSPS) is 15.9. The Hall–Kier alpha value is -1.75. The average Bonchev–Trinajstić information content (AvgIpc) is 2.59. The molecule has 1 aromatic rings. The Kier molecular flexibility index (Phi) is 6.88. The Morgan fingerprint density at radius 3 is 2.26 bits per heavy atom.